The minimum Gasteiger partial charge on any atom is -0.494 e. The third kappa shape index (κ3) is 8.01. The number of halogens is 3. The molecule has 0 aliphatic carbocycles. The van der Waals surface area contributed by atoms with Crippen LogP contribution in [0.5, 0.6) is 5.75 Å². The molecule has 5 aromatic rings. The molecule has 11 heteroatoms. The zero-order valence-electron chi connectivity index (χ0n) is 26.3. The molecule has 0 amide bonds. The highest BCUT2D eigenvalue weighted by Crippen LogP contribution is 2.30. The van der Waals surface area contributed by atoms with Gasteiger partial charge >= 0.3 is 6.18 Å². The van der Waals surface area contributed by atoms with E-state index in [1.54, 1.807) is 17.6 Å². The van der Waals surface area contributed by atoms with E-state index in [0.717, 1.165) is 30.7 Å². The first-order valence-electron chi connectivity index (χ1n) is 15.1. The number of hydrogen-bond acceptors (Lipinski definition) is 6. The van der Waals surface area contributed by atoms with E-state index < -0.39 is 17.8 Å². The fourth-order valence-corrected chi connectivity index (χ4v) is 5.05. The van der Waals surface area contributed by atoms with Gasteiger partial charge in [0.05, 0.1) is 47.1 Å². The number of alkyl halides is 3. The average molecular weight is 635 g/mol. The van der Waals surface area contributed by atoms with Crippen LogP contribution in [0.25, 0.3) is 16.6 Å². The zero-order valence-corrected chi connectivity index (χ0v) is 26.3. The van der Waals surface area contributed by atoms with Gasteiger partial charge in [-0.1, -0.05) is 37.6 Å². The van der Waals surface area contributed by atoms with Gasteiger partial charge < -0.3 is 14.0 Å². The number of benzene rings is 3. The van der Waals surface area contributed by atoms with Crippen molar-refractivity contribution in [2.24, 2.45) is 0 Å². The molecule has 0 fully saturated rings. The molecule has 2 aromatic heterocycles. The molecule has 0 spiro atoms. The number of hydrogen-bond donors (Lipinski definition) is 0. The van der Waals surface area contributed by atoms with E-state index in [1.165, 1.54) is 12.1 Å². The van der Waals surface area contributed by atoms with Gasteiger partial charge in [-0.25, -0.2) is 9.97 Å². The van der Waals surface area contributed by atoms with Gasteiger partial charge in [-0.05, 0) is 81.3 Å². The third-order valence-corrected chi connectivity index (χ3v) is 7.24. The lowest BCUT2D eigenvalue weighted by molar-refractivity contribution is -0.137. The Kier molecular flexibility index (Phi) is 11.3. The molecule has 0 saturated carbocycles. The van der Waals surface area contributed by atoms with Crippen molar-refractivity contribution in [3.63, 3.8) is 0 Å². The number of aromatic nitrogens is 4. The molecule has 1 atom stereocenters. The van der Waals surface area contributed by atoms with E-state index >= 15 is 0 Å². The summed E-state index contributed by atoms with van der Waals surface area (Å²) in [7, 11) is 0. The van der Waals surface area contributed by atoms with Crippen molar-refractivity contribution in [2.45, 2.75) is 59.2 Å². The van der Waals surface area contributed by atoms with E-state index in [4.69, 9.17) is 14.7 Å². The molecule has 242 valence electrons. The molecule has 2 heterocycles. The maximum Gasteiger partial charge on any atom is 0.416 e. The number of ether oxygens (including phenoxy) is 2. The number of nitrogens with zero attached hydrogens (tertiary/aromatic N) is 4. The van der Waals surface area contributed by atoms with Crippen molar-refractivity contribution in [1.29, 1.82) is 0 Å². The lowest BCUT2D eigenvalue weighted by Gasteiger charge is -2.21. The molecule has 3 aromatic carbocycles. The maximum absolute atomic E-state index is 13.9. The fraction of sp³-hybridized carbons (Fsp3) is 0.314. The summed E-state index contributed by atoms with van der Waals surface area (Å²) >= 11 is 0. The molecule has 5 rings (SSSR count). The Hall–Kier alpha value is -4.93. The Labute approximate surface area is 265 Å². The molecular formula is C35H37F3N4O4. The Morgan fingerprint density at radius 1 is 0.913 bits per heavy atom. The number of fused-ring (bicyclic) bond motifs is 1. The summed E-state index contributed by atoms with van der Waals surface area (Å²) in [4.78, 5) is 32.8. The second kappa shape index (κ2) is 15.4. The molecule has 0 radical (unpaired) electrons. The zero-order chi connectivity index (χ0) is 33.3. The lowest BCUT2D eigenvalue weighted by Crippen LogP contribution is -2.27. The number of para-hydroxylation sites is 1. The molecule has 0 N–H and O–H groups in total. The van der Waals surface area contributed by atoms with Crippen molar-refractivity contribution in [1.82, 2.24) is 19.1 Å². The monoisotopic (exact) mass is 634 g/mol. The van der Waals surface area contributed by atoms with E-state index in [1.807, 2.05) is 67.1 Å². The van der Waals surface area contributed by atoms with Crippen molar-refractivity contribution < 1.29 is 27.4 Å². The van der Waals surface area contributed by atoms with Crippen LogP contribution in [-0.2, 0) is 28.5 Å². The topological polar surface area (TPSA) is 88.2 Å². The number of aryl methyl sites for hydroxylation is 1. The minimum atomic E-state index is -4.40. The molecule has 0 aliphatic heterocycles. The van der Waals surface area contributed by atoms with Crippen LogP contribution in [-0.4, -0.2) is 38.8 Å². The minimum absolute atomic E-state index is 0.195. The summed E-state index contributed by atoms with van der Waals surface area (Å²) in [6, 6.07) is 19.3. The Morgan fingerprint density at radius 2 is 1.61 bits per heavy atom. The lowest BCUT2D eigenvalue weighted by atomic mass is 10.1. The highest BCUT2D eigenvalue weighted by atomic mass is 19.4. The van der Waals surface area contributed by atoms with Crippen molar-refractivity contribution in [3.8, 4) is 11.4 Å². The number of imidazole rings is 1. The SMILES string of the molecule is CCCc1cn(C(C)c2nc3ccccc3c(=O)n2-c2ccc(OCC)cc2)c(Cc2ccc(C(F)(F)F)cc2)n1.CCOC=O. The molecule has 46 heavy (non-hydrogen) atoms. The first kappa shape index (κ1) is 34.0. The van der Waals surface area contributed by atoms with Gasteiger partial charge in [0.15, 0.2) is 0 Å². The van der Waals surface area contributed by atoms with Gasteiger partial charge in [0, 0.05) is 12.6 Å². The van der Waals surface area contributed by atoms with Gasteiger partial charge in [-0.15, -0.1) is 0 Å². The second-order valence-electron chi connectivity index (χ2n) is 10.5. The molecule has 0 aliphatic rings. The summed E-state index contributed by atoms with van der Waals surface area (Å²) in [5.41, 5.74) is 1.92. The number of carbonyl (C=O) groups is 1. The number of carbonyl (C=O) groups excluding carboxylic acids is 1. The normalized spacial score (nSPS) is 11.9. The van der Waals surface area contributed by atoms with Crippen molar-refractivity contribution >= 4 is 17.4 Å². The first-order chi connectivity index (χ1) is 22.1. The predicted octanol–water partition coefficient (Wildman–Crippen LogP) is 7.33. The fourth-order valence-electron chi connectivity index (χ4n) is 5.05. The second-order valence-corrected chi connectivity index (χ2v) is 10.5. The van der Waals surface area contributed by atoms with Crippen molar-refractivity contribution in [2.75, 3.05) is 13.2 Å². The number of rotatable bonds is 11. The van der Waals surface area contributed by atoms with E-state index in [-0.39, 0.29) is 5.56 Å². The van der Waals surface area contributed by atoms with Gasteiger partial charge in [-0.3, -0.25) is 14.2 Å². The summed E-state index contributed by atoms with van der Waals surface area (Å²) < 4.78 is 52.7. The first-order valence-corrected chi connectivity index (χ1v) is 15.1. The summed E-state index contributed by atoms with van der Waals surface area (Å²) in [5.74, 6) is 1.90. The highest BCUT2D eigenvalue weighted by Gasteiger charge is 2.30. The van der Waals surface area contributed by atoms with Gasteiger partial charge in [0.2, 0.25) is 0 Å². The predicted molar refractivity (Wildman–Crippen MR) is 170 cm³/mol. The third-order valence-electron chi connectivity index (χ3n) is 7.24. The molecule has 0 bridgehead atoms. The largest absolute Gasteiger partial charge is 0.494 e. The smallest absolute Gasteiger partial charge is 0.416 e. The van der Waals surface area contributed by atoms with Crippen LogP contribution in [0.4, 0.5) is 13.2 Å². The summed E-state index contributed by atoms with van der Waals surface area (Å²) in [6.07, 6.45) is -0.483. The van der Waals surface area contributed by atoms with Crippen molar-refractivity contribution in [3.05, 3.63) is 118 Å². The van der Waals surface area contributed by atoms with Crippen LogP contribution >= 0.6 is 0 Å². The molecular weight excluding hydrogens is 597 g/mol. The summed E-state index contributed by atoms with van der Waals surface area (Å²) in [6.45, 7) is 9.12. The van der Waals surface area contributed by atoms with Crippen LogP contribution < -0.4 is 10.3 Å². The molecule has 0 saturated heterocycles. The average Bonchev–Trinajstić information content (AvgIpc) is 3.44. The van der Waals surface area contributed by atoms with Crippen LogP contribution in [0, 0.1) is 0 Å². The van der Waals surface area contributed by atoms with Gasteiger partial charge in [-0.2, -0.15) is 13.2 Å². The highest BCUT2D eigenvalue weighted by molar-refractivity contribution is 5.78. The Balaban J connectivity index is 0.000000892. The van der Waals surface area contributed by atoms with E-state index in [9.17, 15) is 22.8 Å². The van der Waals surface area contributed by atoms with Crippen LogP contribution in [0.2, 0.25) is 0 Å². The summed E-state index contributed by atoms with van der Waals surface area (Å²) in [5, 5.41) is 0.500. The molecule has 8 nitrogen and oxygen atoms in total. The standard InChI is InChI=1S/C32H31F3N4O2.C3H6O2/c1-4-8-24-20-38(29(36-24)19-22-11-13-23(14-12-22)32(33,34)35)21(3)30-37-28-10-7-6-9-27(28)31(40)39(30)25-15-17-26(18-16-25)41-5-2;1-2-5-3-4/h6-7,9-18,20-21H,4-5,8,19H2,1-3H3;3H,2H2,1H3. The van der Waals surface area contributed by atoms with Crippen LogP contribution in [0.15, 0.2) is 83.8 Å². The van der Waals surface area contributed by atoms with E-state index in [2.05, 4.69) is 11.7 Å². The van der Waals surface area contributed by atoms with Gasteiger partial charge in [0.1, 0.15) is 17.4 Å². The quantitative estimate of drug-likeness (QED) is 0.141. The Bertz CT molecular complexity index is 1800. The molecule has 1 unspecified atom stereocenters. The van der Waals surface area contributed by atoms with Crippen LogP contribution in [0.3, 0.4) is 0 Å². The van der Waals surface area contributed by atoms with E-state index in [0.29, 0.717) is 65.7 Å². The Morgan fingerprint density at radius 3 is 2.20 bits per heavy atom. The van der Waals surface area contributed by atoms with Crippen LogP contribution in [0.1, 0.15) is 68.6 Å². The maximum atomic E-state index is 13.9. The van der Waals surface area contributed by atoms with Gasteiger partial charge in [0.25, 0.3) is 12.0 Å².